The van der Waals surface area contributed by atoms with Crippen LogP contribution in [0, 0.1) is 5.92 Å². The molecule has 1 amide bonds. The largest absolute Gasteiger partial charge is 0.357 e. The molecule has 0 radical (unpaired) electrons. The van der Waals surface area contributed by atoms with E-state index in [0.29, 0.717) is 12.0 Å². The Hall–Kier alpha value is -1.65. The summed E-state index contributed by atoms with van der Waals surface area (Å²) in [4.78, 5) is 20.0. The molecule has 0 spiro atoms. The fourth-order valence-electron chi connectivity index (χ4n) is 4.19. The average molecular weight is 570 g/mol. The summed E-state index contributed by atoms with van der Waals surface area (Å²) in [5, 5.41) is 11.8. The number of carbonyl (C=O) groups is 1. The van der Waals surface area contributed by atoms with E-state index in [1.165, 1.54) is 30.2 Å². The first-order chi connectivity index (χ1) is 15.1. The number of nitrogens with one attached hydrogen (secondary N) is 3. The van der Waals surface area contributed by atoms with Gasteiger partial charge in [-0.3, -0.25) is 14.7 Å². The summed E-state index contributed by atoms with van der Waals surface area (Å²) in [7, 11) is 2.24. The van der Waals surface area contributed by atoms with Crippen LogP contribution in [0.1, 0.15) is 43.2 Å². The number of benzene rings is 1. The number of anilines is 1. The maximum atomic E-state index is 11.1. The summed E-state index contributed by atoms with van der Waals surface area (Å²) < 4.78 is 0. The minimum absolute atomic E-state index is 0. The van der Waals surface area contributed by atoms with E-state index in [1.807, 2.05) is 23.5 Å². The maximum Gasteiger partial charge on any atom is 0.221 e. The fourth-order valence-corrected chi connectivity index (χ4v) is 5.18. The molecule has 1 aliphatic rings. The van der Waals surface area contributed by atoms with Gasteiger partial charge < -0.3 is 16.0 Å². The number of hydrogen-bond donors (Lipinski definition) is 3. The minimum Gasteiger partial charge on any atom is -0.357 e. The summed E-state index contributed by atoms with van der Waals surface area (Å²) in [5.41, 5.74) is 2.06. The summed E-state index contributed by atoms with van der Waals surface area (Å²) in [5.74, 6) is 1.37. The molecule has 3 N–H and O–H groups in total. The lowest BCUT2D eigenvalue weighted by Gasteiger charge is -2.38. The molecule has 0 aliphatic carbocycles. The Balaban J connectivity index is 0.00000363. The first kappa shape index (κ1) is 26.6. The van der Waals surface area contributed by atoms with E-state index in [0.717, 1.165) is 44.2 Å². The average Bonchev–Trinajstić information content (AvgIpc) is 3.27. The summed E-state index contributed by atoms with van der Waals surface area (Å²) >= 11 is 1.85. The van der Waals surface area contributed by atoms with Crippen LogP contribution in [0.5, 0.6) is 0 Å². The molecule has 1 saturated heterocycles. The van der Waals surface area contributed by atoms with Gasteiger partial charge in [0.25, 0.3) is 0 Å². The van der Waals surface area contributed by atoms with Crippen LogP contribution in [0.15, 0.2) is 46.8 Å². The second kappa shape index (κ2) is 13.8. The molecule has 2 atom stereocenters. The molecule has 0 bridgehead atoms. The quantitative estimate of drug-likeness (QED) is 0.249. The van der Waals surface area contributed by atoms with Gasteiger partial charge in [0, 0.05) is 43.2 Å². The van der Waals surface area contributed by atoms with Gasteiger partial charge in [-0.2, -0.15) is 0 Å². The van der Waals surface area contributed by atoms with Crippen molar-refractivity contribution >= 4 is 52.9 Å². The van der Waals surface area contributed by atoms with Gasteiger partial charge in [0.1, 0.15) is 0 Å². The number of halogens is 1. The Morgan fingerprint density at radius 1 is 1.22 bits per heavy atom. The van der Waals surface area contributed by atoms with Crippen molar-refractivity contribution in [2.75, 3.05) is 38.5 Å². The zero-order valence-electron chi connectivity index (χ0n) is 19.3. The van der Waals surface area contributed by atoms with Crippen LogP contribution in [0.4, 0.5) is 5.69 Å². The Bertz CT molecular complexity index is 841. The molecule has 3 rings (SSSR count). The van der Waals surface area contributed by atoms with Crippen molar-refractivity contribution in [2.45, 2.75) is 39.2 Å². The molecular formula is C24H36IN5OS. The van der Waals surface area contributed by atoms with Crippen LogP contribution in [0.25, 0.3) is 0 Å². The number of aliphatic imine (C=N–C) groups is 1. The topological polar surface area (TPSA) is 68.8 Å². The Kier molecular flexibility index (Phi) is 11.5. The molecule has 1 fully saturated rings. The van der Waals surface area contributed by atoms with Crippen molar-refractivity contribution in [1.29, 1.82) is 0 Å². The van der Waals surface area contributed by atoms with E-state index >= 15 is 0 Å². The molecule has 2 heterocycles. The van der Waals surface area contributed by atoms with Crippen LogP contribution >= 0.6 is 35.3 Å². The van der Waals surface area contributed by atoms with Crippen LogP contribution in [-0.2, 0) is 11.2 Å². The molecular weight excluding hydrogens is 533 g/mol. The highest BCUT2D eigenvalue weighted by atomic mass is 127. The Labute approximate surface area is 213 Å². The third kappa shape index (κ3) is 8.04. The zero-order chi connectivity index (χ0) is 22.1. The number of likely N-dealkylation sites (tertiary alicyclic amines) is 1. The monoisotopic (exact) mass is 569 g/mol. The number of hydrogen-bond acceptors (Lipinski definition) is 4. The van der Waals surface area contributed by atoms with Gasteiger partial charge in [-0.05, 0) is 74.8 Å². The number of amides is 1. The van der Waals surface area contributed by atoms with Crippen molar-refractivity contribution in [3.8, 4) is 0 Å². The molecule has 6 nitrogen and oxygen atoms in total. The standard InChI is InChI=1S/C24H35N5OS.HI/c1-4-25-24(26-14-13-19-9-11-21(12-10-19)28-18(2)30)27-17-20-7-5-15-29(3)23(20)22-8-6-16-31-22;/h6,8-12,16,20,23H,4-5,7,13-15,17H2,1-3H3,(H,28,30)(H2,25,26,27);1H. The molecule has 2 aromatic rings. The van der Waals surface area contributed by atoms with Crippen LogP contribution in [0.2, 0.25) is 0 Å². The predicted molar refractivity (Wildman–Crippen MR) is 146 cm³/mol. The zero-order valence-corrected chi connectivity index (χ0v) is 22.4. The summed E-state index contributed by atoms with van der Waals surface area (Å²) in [6, 6.07) is 12.9. The van der Waals surface area contributed by atoms with Crippen molar-refractivity contribution in [2.24, 2.45) is 10.9 Å². The molecule has 8 heteroatoms. The lowest BCUT2D eigenvalue weighted by molar-refractivity contribution is -0.114. The maximum absolute atomic E-state index is 11.1. The molecule has 1 aliphatic heterocycles. The van der Waals surface area contributed by atoms with Gasteiger partial charge in [-0.1, -0.05) is 18.2 Å². The Morgan fingerprint density at radius 2 is 2.00 bits per heavy atom. The van der Waals surface area contributed by atoms with Crippen LogP contribution in [0.3, 0.4) is 0 Å². The van der Waals surface area contributed by atoms with E-state index < -0.39 is 0 Å². The third-order valence-electron chi connectivity index (χ3n) is 5.65. The van der Waals surface area contributed by atoms with Gasteiger partial charge in [-0.15, -0.1) is 35.3 Å². The second-order valence-corrected chi connectivity index (χ2v) is 9.10. The van der Waals surface area contributed by atoms with E-state index in [-0.39, 0.29) is 29.9 Å². The van der Waals surface area contributed by atoms with Crippen LogP contribution in [-0.4, -0.2) is 50.0 Å². The number of nitrogens with zero attached hydrogens (tertiary/aromatic N) is 2. The third-order valence-corrected chi connectivity index (χ3v) is 6.59. The number of rotatable bonds is 8. The lowest BCUT2D eigenvalue weighted by Crippen LogP contribution is -2.40. The molecule has 176 valence electrons. The van der Waals surface area contributed by atoms with Gasteiger partial charge in [-0.25, -0.2) is 0 Å². The first-order valence-electron chi connectivity index (χ1n) is 11.2. The number of guanidine groups is 1. The highest BCUT2D eigenvalue weighted by molar-refractivity contribution is 14.0. The van der Waals surface area contributed by atoms with E-state index in [1.54, 1.807) is 0 Å². The van der Waals surface area contributed by atoms with Crippen molar-refractivity contribution in [1.82, 2.24) is 15.5 Å². The molecule has 1 aromatic carbocycles. The number of piperidine rings is 1. The van der Waals surface area contributed by atoms with Gasteiger partial charge in [0.2, 0.25) is 5.91 Å². The summed E-state index contributed by atoms with van der Waals surface area (Å²) in [6.07, 6.45) is 3.35. The predicted octanol–water partition coefficient (Wildman–Crippen LogP) is 4.51. The van der Waals surface area contributed by atoms with Crippen LogP contribution < -0.4 is 16.0 Å². The number of carbonyl (C=O) groups excluding carboxylic acids is 1. The minimum atomic E-state index is -0.0496. The van der Waals surface area contributed by atoms with Gasteiger partial charge in [0.15, 0.2) is 5.96 Å². The highest BCUT2D eigenvalue weighted by Crippen LogP contribution is 2.37. The fraction of sp³-hybridized carbons (Fsp3) is 0.500. The van der Waals surface area contributed by atoms with E-state index in [4.69, 9.17) is 4.99 Å². The van der Waals surface area contributed by atoms with Gasteiger partial charge in [0.05, 0.1) is 0 Å². The molecule has 32 heavy (non-hydrogen) atoms. The van der Waals surface area contributed by atoms with Crippen molar-refractivity contribution < 1.29 is 4.79 Å². The Morgan fingerprint density at radius 3 is 2.66 bits per heavy atom. The van der Waals surface area contributed by atoms with Crippen molar-refractivity contribution in [3.05, 3.63) is 52.2 Å². The number of thiophene rings is 1. The van der Waals surface area contributed by atoms with E-state index in [2.05, 4.69) is 64.5 Å². The molecule has 1 aromatic heterocycles. The molecule has 0 saturated carbocycles. The SMILES string of the molecule is CCNC(=NCC1CCCN(C)C1c1cccs1)NCCc1ccc(NC(C)=O)cc1.I. The second-order valence-electron chi connectivity index (χ2n) is 8.12. The lowest BCUT2D eigenvalue weighted by atomic mass is 9.88. The van der Waals surface area contributed by atoms with Crippen molar-refractivity contribution in [3.63, 3.8) is 0 Å². The first-order valence-corrected chi connectivity index (χ1v) is 12.1. The highest BCUT2D eigenvalue weighted by Gasteiger charge is 2.31. The summed E-state index contributed by atoms with van der Waals surface area (Å²) in [6.45, 7) is 7.25. The van der Waals surface area contributed by atoms with E-state index in [9.17, 15) is 4.79 Å². The smallest absolute Gasteiger partial charge is 0.221 e. The molecule has 2 unspecified atom stereocenters. The van der Waals surface area contributed by atoms with Gasteiger partial charge >= 0.3 is 0 Å². The normalized spacial score (nSPS) is 19.2.